The van der Waals surface area contributed by atoms with Gasteiger partial charge in [-0.3, -0.25) is 0 Å². The van der Waals surface area contributed by atoms with Gasteiger partial charge in [0.2, 0.25) is 0 Å². The molecule has 2 aromatic carbocycles. The fourth-order valence-corrected chi connectivity index (χ4v) is 1.83. The van der Waals surface area contributed by atoms with Crippen LogP contribution >= 0.6 is 0 Å². The molecule has 0 aromatic heterocycles. The van der Waals surface area contributed by atoms with Gasteiger partial charge in [-0.05, 0) is 17.7 Å². The Balaban J connectivity index is 2.30. The second-order valence-corrected chi connectivity index (χ2v) is 4.10. The van der Waals surface area contributed by atoms with Crippen LogP contribution in [-0.4, -0.2) is 13.1 Å². The van der Waals surface area contributed by atoms with E-state index in [9.17, 15) is 4.79 Å². The van der Waals surface area contributed by atoms with Crippen LogP contribution in [0.3, 0.4) is 0 Å². The summed E-state index contributed by atoms with van der Waals surface area (Å²) in [5.41, 5.74) is 8.01. The molecule has 98 valence electrons. The van der Waals surface area contributed by atoms with E-state index in [0.717, 1.165) is 5.56 Å². The first kappa shape index (κ1) is 13.0. The lowest BCUT2D eigenvalue weighted by Crippen LogP contribution is -2.22. The van der Waals surface area contributed by atoms with E-state index < -0.39 is 6.04 Å². The molecule has 1 unspecified atom stereocenters. The molecule has 2 rings (SSSR count). The summed E-state index contributed by atoms with van der Waals surface area (Å²) < 4.78 is 4.84. The standard InChI is InChI=1S/C15H16N2O2/c1-19-15(18)14(11-7-3-2-4-8-11)17-13-10-6-5-9-12(13)16/h2-10,14,17H,16H2,1H3. The largest absolute Gasteiger partial charge is 0.467 e. The molecule has 3 N–H and O–H groups in total. The molecule has 0 aliphatic carbocycles. The van der Waals surface area contributed by atoms with Crippen LogP contribution in [0.5, 0.6) is 0 Å². The molecule has 0 amide bonds. The van der Waals surface area contributed by atoms with Gasteiger partial charge in [-0.15, -0.1) is 0 Å². The van der Waals surface area contributed by atoms with E-state index in [1.54, 1.807) is 6.07 Å². The molecule has 0 spiro atoms. The number of nitrogens with two attached hydrogens (primary N) is 1. The number of esters is 1. The molecule has 0 saturated heterocycles. The molecule has 2 aromatic rings. The van der Waals surface area contributed by atoms with Crippen molar-refractivity contribution in [2.24, 2.45) is 0 Å². The number of para-hydroxylation sites is 2. The van der Waals surface area contributed by atoms with Crippen LogP contribution in [0.2, 0.25) is 0 Å². The summed E-state index contributed by atoms with van der Waals surface area (Å²) in [7, 11) is 1.37. The minimum absolute atomic E-state index is 0.352. The maximum absolute atomic E-state index is 11.9. The molecule has 4 nitrogen and oxygen atoms in total. The summed E-state index contributed by atoms with van der Waals surface area (Å²) in [5, 5.41) is 3.11. The lowest BCUT2D eigenvalue weighted by molar-refractivity contribution is -0.141. The monoisotopic (exact) mass is 256 g/mol. The first-order valence-electron chi connectivity index (χ1n) is 5.96. The smallest absolute Gasteiger partial charge is 0.332 e. The summed E-state index contributed by atoms with van der Waals surface area (Å²) in [4.78, 5) is 11.9. The molecule has 0 heterocycles. The number of benzene rings is 2. The Morgan fingerprint density at radius 3 is 2.37 bits per heavy atom. The minimum atomic E-state index is -0.573. The lowest BCUT2D eigenvalue weighted by atomic mass is 10.1. The van der Waals surface area contributed by atoms with E-state index >= 15 is 0 Å². The fraction of sp³-hybridized carbons (Fsp3) is 0.133. The highest BCUT2D eigenvalue weighted by atomic mass is 16.5. The Morgan fingerprint density at radius 2 is 1.74 bits per heavy atom. The predicted molar refractivity (Wildman–Crippen MR) is 75.7 cm³/mol. The van der Waals surface area contributed by atoms with Crippen LogP contribution in [0, 0.1) is 0 Å². The number of hydrogen-bond acceptors (Lipinski definition) is 4. The van der Waals surface area contributed by atoms with Crippen molar-refractivity contribution >= 4 is 17.3 Å². The summed E-state index contributed by atoms with van der Waals surface area (Å²) >= 11 is 0. The van der Waals surface area contributed by atoms with Crippen molar-refractivity contribution in [3.63, 3.8) is 0 Å². The Kier molecular flexibility index (Phi) is 4.03. The molecule has 0 bridgehead atoms. The van der Waals surface area contributed by atoms with E-state index in [1.165, 1.54) is 7.11 Å². The molecular formula is C15H16N2O2. The first-order chi connectivity index (χ1) is 9.22. The summed E-state index contributed by atoms with van der Waals surface area (Å²) in [6, 6.07) is 16.1. The van der Waals surface area contributed by atoms with Crippen molar-refractivity contribution in [2.45, 2.75) is 6.04 Å². The summed E-state index contributed by atoms with van der Waals surface area (Å²) in [6.07, 6.45) is 0. The topological polar surface area (TPSA) is 64.3 Å². The van der Waals surface area contributed by atoms with Crippen molar-refractivity contribution in [1.82, 2.24) is 0 Å². The number of hydrogen-bond donors (Lipinski definition) is 2. The quantitative estimate of drug-likeness (QED) is 0.652. The predicted octanol–water partition coefficient (Wildman–Crippen LogP) is 2.60. The molecule has 0 fully saturated rings. The molecule has 0 aliphatic rings. The van der Waals surface area contributed by atoms with Crippen LogP contribution in [0.4, 0.5) is 11.4 Å². The second-order valence-electron chi connectivity index (χ2n) is 4.10. The number of carbonyl (C=O) groups is 1. The first-order valence-corrected chi connectivity index (χ1v) is 5.96. The van der Waals surface area contributed by atoms with Crippen molar-refractivity contribution in [3.8, 4) is 0 Å². The normalized spacial score (nSPS) is 11.6. The number of rotatable bonds is 4. The number of ether oxygens (including phenoxy) is 1. The molecule has 0 saturated carbocycles. The van der Waals surface area contributed by atoms with Gasteiger partial charge in [0, 0.05) is 0 Å². The number of carbonyl (C=O) groups excluding carboxylic acids is 1. The zero-order chi connectivity index (χ0) is 13.7. The third kappa shape index (κ3) is 3.04. The summed E-state index contributed by atoms with van der Waals surface area (Å²) in [5.74, 6) is -0.352. The van der Waals surface area contributed by atoms with Crippen LogP contribution in [0.15, 0.2) is 54.6 Å². The number of methoxy groups -OCH3 is 1. The highest BCUT2D eigenvalue weighted by molar-refractivity contribution is 5.82. The van der Waals surface area contributed by atoms with Gasteiger partial charge in [-0.2, -0.15) is 0 Å². The molecule has 0 aliphatic heterocycles. The van der Waals surface area contributed by atoms with Gasteiger partial charge in [0.25, 0.3) is 0 Å². The van der Waals surface area contributed by atoms with Gasteiger partial charge in [-0.25, -0.2) is 4.79 Å². The van der Waals surface area contributed by atoms with Gasteiger partial charge in [0.15, 0.2) is 6.04 Å². The summed E-state index contributed by atoms with van der Waals surface area (Å²) in [6.45, 7) is 0. The van der Waals surface area contributed by atoms with Gasteiger partial charge in [-0.1, -0.05) is 42.5 Å². The average Bonchev–Trinajstić information content (AvgIpc) is 2.46. The van der Waals surface area contributed by atoms with Crippen molar-refractivity contribution in [3.05, 3.63) is 60.2 Å². The third-order valence-corrected chi connectivity index (χ3v) is 2.83. The number of anilines is 2. The molecule has 19 heavy (non-hydrogen) atoms. The maximum Gasteiger partial charge on any atom is 0.332 e. The van der Waals surface area contributed by atoms with Crippen molar-refractivity contribution in [1.29, 1.82) is 0 Å². The minimum Gasteiger partial charge on any atom is -0.467 e. The zero-order valence-corrected chi connectivity index (χ0v) is 10.7. The van der Waals surface area contributed by atoms with E-state index in [2.05, 4.69) is 5.32 Å². The molecule has 1 atom stereocenters. The Labute approximate surface area is 112 Å². The second kappa shape index (κ2) is 5.91. The molecule has 4 heteroatoms. The van der Waals surface area contributed by atoms with E-state index in [0.29, 0.717) is 11.4 Å². The van der Waals surface area contributed by atoms with Crippen molar-refractivity contribution < 1.29 is 9.53 Å². The molecule has 0 radical (unpaired) electrons. The van der Waals surface area contributed by atoms with Crippen LogP contribution in [0.1, 0.15) is 11.6 Å². The van der Waals surface area contributed by atoms with Crippen molar-refractivity contribution in [2.75, 3.05) is 18.2 Å². The highest BCUT2D eigenvalue weighted by Gasteiger charge is 2.21. The van der Waals surface area contributed by atoms with E-state index in [-0.39, 0.29) is 5.97 Å². The maximum atomic E-state index is 11.9. The van der Waals surface area contributed by atoms with Gasteiger partial charge in [0.1, 0.15) is 0 Å². The number of nitrogens with one attached hydrogen (secondary N) is 1. The van der Waals surface area contributed by atoms with Gasteiger partial charge < -0.3 is 15.8 Å². The van der Waals surface area contributed by atoms with E-state index in [4.69, 9.17) is 10.5 Å². The number of nitrogen functional groups attached to an aromatic ring is 1. The van der Waals surface area contributed by atoms with Gasteiger partial charge >= 0.3 is 5.97 Å². The highest BCUT2D eigenvalue weighted by Crippen LogP contribution is 2.24. The SMILES string of the molecule is COC(=O)C(Nc1ccccc1N)c1ccccc1. The lowest BCUT2D eigenvalue weighted by Gasteiger charge is -2.19. The fourth-order valence-electron chi connectivity index (χ4n) is 1.83. The van der Waals surface area contributed by atoms with Crippen LogP contribution in [0.25, 0.3) is 0 Å². The Bertz CT molecular complexity index is 555. The Morgan fingerprint density at radius 1 is 1.11 bits per heavy atom. The van der Waals surface area contributed by atoms with E-state index in [1.807, 2.05) is 48.5 Å². The zero-order valence-electron chi connectivity index (χ0n) is 10.7. The molecular weight excluding hydrogens is 240 g/mol. The Hall–Kier alpha value is -2.49. The van der Waals surface area contributed by atoms with Gasteiger partial charge in [0.05, 0.1) is 18.5 Å². The third-order valence-electron chi connectivity index (χ3n) is 2.83. The average molecular weight is 256 g/mol. The van der Waals surface area contributed by atoms with Crippen LogP contribution < -0.4 is 11.1 Å². The van der Waals surface area contributed by atoms with Crippen LogP contribution in [-0.2, 0) is 9.53 Å².